The number of carbonyl (C=O) groups excluding carboxylic acids is 2. The lowest BCUT2D eigenvalue weighted by Gasteiger charge is -2.10. The number of aliphatic hydroxyl groups excluding tert-OH is 1. The summed E-state index contributed by atoms with van der Waals surface area (Å²) in [4.78, 5) is 42.4. The average molecular weight is 593 g/mol. The van der Waals surface area contributed by atoms with Crippen LogP contribution in [0.3, 0.4) is 0 Å². The first-order chi connectivity index (χ1) is 21.2. The summed E-state index contributed by atoms with van der Waals surface area (Å²) in [5, 5.41) is 12.3. The number of aromatic amines is 1. The van der Waals surface area contributed by atoms with E-state index < -0.39 is 0 Å². The van der Waals surface area contributed by atoms with Crippen molar-refractivity contribution in [3.8, 4) is 0 Å². The fourth-order valence-corrected chi connectivity index (χ4v) is 6.58. The minimum absolute atomic E-state index is 0.138. The Morgan fingerprint density at radius 1 is 1.02 bits per heavy atom. The Hall–Kier alpha value is -4.83. The van der Waals surface area contributed by atoms with Gasteiger partial charge >= 0.3 is 5.97 Å². The normalized spacial score (nSPS) is 18.8. The highest BCUT2D eigenvalue weighted by atomic mass is 16.5. The maximum absolute atomic E-state index is 12.2. The van der Waals surface area contributed by atoms with E-state index in [9.17, 15) is 14.7 Å². The number of fused-ring (bicyclic) bond motifs is 5. The van der Waals surface area contributed by atoms with Crippen LogP contribution in [0.15, 0.2) is 82.9 Å². The van der Waals surface area contributed by atoms with E-state index in [-0.39, 0.29) is 19.0 Å². The van der Waals surface area contributed by atoms with Crippen molar-refractivity contribution in [1.29, 1.82) is 0 Å². The number of hydrazine groups is 1. The molecule has 10 nitrogen and oxygen atoms in total. The van der Waals surface area contributed by atoms with Gasteiger partial charge in [-0.05, 0) is 92.2 Å². The molecule has 10 heteroatoms. The molecule has 1 aromatic rings. The van der Waals surface area contributed by atoms with Crippen LogP contribution in [0.5, 0.6) is 0 Å². The molecule has 44 heavy (non-hydrogen) atoms. The number of aromatic nitrogens is 1. The zero-order valence-electron chi connectivity index (χ0n) is 25.9. The van der Waals surface area contributed by atoms with E-state index in [1.54, 1.807) is 0 Å². The van der Waals surface area contributed by atoms with Crippen molar-refractivity contribution in [3.05, 3.63) is 89.7 Å². The summed E-state index contributed by atoms with van der Waals surface area (Å²) in [5.41, 5.74) is 19.8. The SMILES string of the molecule is CCc1c(C)c2[nH]c1=CC1=C(C)C3=C(NNC=O)CC(=C4N=C(C=C5N=C(C=2)C(CO)=C5C)C(C)=C4CCC(=O)OC)C3=N1. The second kappa shape index (κ2) is 11.3. The number of nitrogens with one attached hydrogen (secondary N) is 3. The number of nitrogens with zero attached hydrogens (tertiary/aromatic N) is 3. The predicted octanol–water partition coefficient (Wildman–Crippen LogP) is 2.72. The third-order valence-corrected chi connectivity index (χ3v) is 9.08. The monoisotopic (exact) mass is 592 g/mol. The van der Waals surface area contributed by atoms with E-state index in [0.29, 0.717) is 25.0 Å². The number of H-pyrrole nitrogens is 1. The fraction of sp³-hybridized carbons (Fsp3) is 0.324. The Labute approximate surface area is 255 Å². The van der Waals surface area contributed by atoms with Gasteiger partial charge < -0.3 is 20.3 Å². The van der Waals surface area contributed by atoms with Crippen molar-refractivity contribution < 1.29 is 19.4 Å². The highest BCUT2D eigenvalue weighted by molar-refractivity contribution is 6.25. The number of carbonyl (C=O) groups is 2. The molecule has 6 rings (SSSR count). The van der Waals surface area contributed by atoms with E-state index in [0.717, 1.165) is 95.9 Å². The Balaban J connectivity index is 1.67. The van der Waals surface area contributed by atoms with Gasteiger partial charge in [-0.2, -0.15) is 0 Å². The number of hydrogen-bond donors (Lipinski definition) is 4. The van der Waals surface area contributed by atoms with Gasteiger partial charge in [0.15, 0.2) is 0 Å². The first kappa shape index (κ1) is 29.3. The fourth-order valence-electron chi connectivity index (χ4n) is 6.58. The molecule has 0 saturated heterocycles. The van der Waals surface area contributed by atoms with Gasteiger partial charge in [-0.25, -0.2) is 15.0 Å². The van der Waals surface area contributed by atoms with Crippen LogP contribution < -0.4 is 21.5 Å². The molecule has 0 radical (unpaired) electrons. The molecule has 5 aliphatic rings. The molecule has 1 amide bonds. The van der Waals surface area contributed by atoms with Crippen LogP contribution in [0.25, 0.3) is 12.2 Å². The van der Waals surface area contributed by atoms with Crippen molar-refractivity contribution in [3.63, 3.8) is 0 Å². The van der Waals surface area contributed by atoms with Crippen molar-refractivity contribution in [2.24, 2.45) is 15.0 Å². The number of aliphatic imine (C=N–C) groups is 3. The number of rotatable bonds is 8. The minimum Gasteiger partial charge on any atom is -0.469 e. The van der Waals surface area contributed by atoms with Gasteiger partial charge in [0, 0.05) is 46.0 Å². The van der Waals surface area contributed by atoms with E-state index in [1.165, 1.54) is 12.7 Å². The number of aliphatic hydroxyl groups is 1. The maximum atomic E-state index is 12.2. The molecule has 226 valence electrons. The summed E-state index contributed by atoms with van der Waals surface area (Å²) in [6.45, 7) is 10.1. The van der Waals surface area contributed by atoms with Gasteiger partial charge in [-0.1, -0.05) is 6.92 Å². The highest BCUT2D eigenvalue weighted by Crippen LogP contribution is 2.44. The van der Waals surface area contributed by atoms with Gasteiger partial charge in [-0.3, -0.25) is 15.0 Å². The van der Waals surface area contributed by atoms with Crippen LogP contribution >= 0.6 is 0 Å². The van der Waals surface area contributed by atoms with Crippen molar-refractivity contribution in [2.45, 2.75) is 60.3 Å². The number of esters is 1. The molecule has 0 unspecified atom stereocenters. The molecular formula is C34H36N6O4. The number of ether oxygens (including phenoxy) is 1. The number of hydrogen-bond acceptors (Lipinski definition) is 8. The third kappa shape index (κ3) is 4.66. The molecule has 5 heterocycles. The van der Waals surface area contributed by atoms with Crippen LogP contribution in [0.4, 0.5) is 0 Å². The topological polar surface area (TPSA) is 141 Å². The lowest BCUT2D eigenvalue weighted by Crippen LogP contribution is -2.29. The number of methoxy groups -OCH3 is 1. The van der Waals surface area contributed by atoms with E-state index >= 15 is 0 Å². The molecule has 1 aliphatic carbocycles. The first-order valence-electron chi connectivity index (χ1n) is 14.8. The summed E-state index contributed by atoms with van der Waals surface area (Å²) in [6, 6.07) is 0. The Kier molecular flexibility index (Phi) is 7.54. The zero-order valence-corrected chi connectivity index (χ0v) is 25.9. The summed E-state index contributed by atoms with van der Waals surface area (Å²) in [7, 11) is 1.39. The molecule has 4 aliphatic heterocycles. The first-order valence-corrected chi connectivity index (χ1v) is 14.8. The molecule has 8 bridgehead atoms. The quantitative estimate of drug-likeness (QED) is 0.209. The van der Waals surface area contributed by atoms with Gasteiger partial charge in [0.25, 0.3) is 0 Å². The van der Waals surface area contributed by atoms with E-state index in [2.05, 4.69) is 35.8 Å². The van der Waals surface area contributed by atoms with Crippen molar-refractivity contribution >= 4 is 41.7 Å². The maximum Gasteiger partial charge on any atom is 0.305 e. The molecular weight excluding hydrogens is 556 g/mol. The predicted molar refractivity (Wildman–Crippen MR) is 171 cm³/mol. The lowest BCUT2D eigenvalue weighted by molar-refractivity contribution is -0.140. The van der Waals surface area contributed by atoms with Crippen LogP contribution in [0.1, 0.15) is 58.1 Å². The van der Waals surface area contributed by atoms with Gasteiger partial charge in [0.05, 0.1) is 47.9 Å². The van der Waals surface area contributed by atoms with Crippen LogP contribution in [-0.2, 0) is 20.7 Å². The standard InChI is InChI=1S/C34H36N6O4/c1-7-20-16(2)25-12-29-23(14-41)18(4)24(37-29)11-26-17(3)21(8-9-31(43)44-6)33(38-26)22-10-30(40-35-15-42)32-19(5)27(39-34(22)32)13-28(20)36-25/h11-13,15,36,40-41H,7-10,14H2,1-6H3,(H,35,42). The Morgan fingerprint density at radius 2 is 1.82 bits per heavy atom. The largest absolute Gasteiger partial charge is 0.469 e. The molecule has 4 N–H and O–H groups in total. The summed E-state index contributed by atoms with van der Waals surface area (Å²) in [6.07, 6.45) is 8.60. The minimum atomic E-state index is -0.297. The summed E-state index contributed by atoms with van der Waals surface area (Å²) in [5.74, 6) is -0.297. The molecule has 0 atom stereocenters. The molecule has 0 spiro atoms. The molecule has 0 aromatic carbocycles. The lowest BCUT2D eigenvalue weighted by atomic mass is 9.95. The summed E-state index contributed by atoms with van der Waals surface area (Å²) >= 11 is 0. The van der Waals surface area contributed by atoms with Crippen LogP contribution in [0.2, 0.25) is 0 Å². The van der Waals surface area contributed by atoms with Crippen molar-refractivity contribution in [2.75, 3.05) is 13.7 Å². The number of amides is 1. The molecule has 1 aromatic heterocycles. The van der Waals surface area contributed by atoms with Gasteiger partial charge in [-0.15, -0.1) is 0 Å². The molecule has 0 fully saturated rings. The zero-order chi connectivity index (χ0) is 31.3. The highest BCUT2D eigenvalue weighted by Gasteiger charge is 2.37. The Morgan fingerprint density at radius 3 is 2.52 bits per heavy atom. The van der Waals surface area contributed by atoms with E-state index in [1.807, 2.05) is 32.9 Å². The number of allylic oxidation sites excluding steroid dienone is 8. The van der Waals surface area contributed by atoms with Crippen LogP contribution in [-0.4, -0.2) is 53.3 Å². The van der Waals surface area contributed by atoms with Crippen LogP contribution in [0, 0.1) is 6.92 Å². The second-order valence-electron chi connectivity index (χ2n) is 11.4. The second-order valence-corrected chi connectivity index (χ2v) is 11.4. The van der Waals surface area contributed by atoms with Gasteiger partial charge in [0.1, 0.15) is 0 Å². The Bertz CT molecular complexity index is 1950. The van der Waals surface area contributed by atoms with Crippen molar-refractivity contribution in [1.82, 2.24) is 15.8 Å². The summed E-state index contributed by atoms with van der Waals surface area (Å²) < 4.78 is 4.96. The smallest absolute Gasteiger partial charge is 0.305 e. The van der Waals surface area contributed by atoms with E-state index in [4.69, 9.17) is 19.7 Å². The molecule has 0 saturated carbocycles. The van der Waals surface area contributed by atoms with Gasteiger partial charge in [0.2, 0.25) is 6.41 Å². The third-order valence-electron chi connectivity index (χ3n) is 9.08. The average Bonchev–Trinajstić information content (AvgIpc) is 3.77.